The highest BCUT2D eigenvalue weighted by molar-refractivity contribution is 7.22. The van der Waals surface area contributed by atoms with Crippen LogP contribution < -0.4 is 25.6 Å². The van der Waals surface area contributed by atoms with Crippen molar-refractivity contribution in [2.24, 2.45) is 16.2 Å². The minimum absolute atomic E-state index is 0.0261. The van der Waals surface area contributed by atoms with Crippen molar-refractivity contribution in [3.63, 3.8) is 0 Å². The number of para-hydroxylation sites is 1. The van der Waals surface area contributed by atoms with E-state index in [1.807, 2.05) is 59.0 Å². The molecule has 7 atom stereocenters. The smallest absolute Gasteiger partial charge is 0.409 e. The van der Waals surface area contributed by atoms with Gasteiger partial charge in [-0.3, -0.25) is 38.9 Å². The van der Waals surface area contributed by atoms with Gasteiger partial charge in [0.05, 0.1) is 34.3 Å². The molecule has 1 saturated heterocycles. The zero-order valence-electron chi connectivity index (χ0n) is 54.9. The van der Waals surface area contributed by atoms with Crippen LogP contribution in [0.5, 0.6) is 5.75 Å². The number of aliphatic hydroxyl groups is 3. The van der Waals surface area contributed by atoms with Gasteiger partial charge in [0, 0.05) is 93.7 Å². The summed E-state index contributed by atoms with van der Waals surface area (Å²) in [5.74, 6) is -4.42. The monoisotopic (exact) mass is 1360 g/mol. The Morgan fingerprint density at radius 1 is 0.806 bits per heavy atom. The number of nitrogens with one attached hydrogen (secondary N) is 3. The van der Waals surface area contributed by atoms with Gasteiger partial charge < -0.3 is 64.9 Å². The number of hydrogen-bond acceptors (Lipinski definition) is 20. The van der Waals surface area contributed by atoms with Crippen LogP contribution in [-0.2, 0) is 64.3 Å². The number of carbonyl (C=O) groups excluding carboxylic acids is 6. The molecule has 27 nitrogen and oxygen atoms in total. The number of carboxylic acid groups (broad SMARTS) is 2. The number of carboxylic acids is 2. The molecule has 518 valence electrons. The first-order valence-corrected chi connectivity index (χ1v) is 33.7. The van der Waals surface area contributed by atoms with E-state index < -0.39 is 60.2 Å². The minimum Gasteiger partial charge on any atom is -0.479 e. The standard InChI is InChI=1S/C70H80N10O17S/c1-40-45(43-17-19-51(75-56(43)62(89)90)78-26-23-42-11-10-12-44(46(42)31-78)61(88)76-65-74-47-13-7-8-14-50(47)98-65)30-72-80(40)39-69-34-67(2)33-68(3,35-69)37-70(36-67,38-69)95-28-27-77(4)66(93)94-32-41-16-18-49(96-64-59(87)57(85)58(86)60(97-64)63(91)92)48(29-41)73-53(82)22-24-71-52(81)15-6-5-9-25-79-54(83)20-21-55(79)84/h7-8,10-14,16-21,29-30,57-60,64,85-87H,5-6,9,15,22-28,31-39H2,1-4H3,(H,71,81)(H,73,82)(H,89,90)(H,91,92)(H,74,76,88)/t57-,58-,59+,60-,64?,67?,68?,69?,70?/m0/s1. The molecule has 0 spiro atoms. The number of hydrogen-bond donors (Lipinski definition) is 8. The maximum absolute atomic E-state index is 13.8. The fraction of sp³-hybridized carbons (Fsp3) is 0.471. The van der Waals surface area contributed by atoms with Crippen LogP contribution in [0.15, 0.2) is 91.1 Å². The molecular formula is C70H80N10O17S. The highest BCUT2D eigenvalue weighted by Gasteiger charge is 2.66. The Morgan fingerprint density at radius 2 is 1.57 bits per heavy atom. The summed E-state index contributed by atoms with van der Waals surface area (Å²) in [7, 11) is 1.59. The average molecular weight is 1370 g/mol. The Bertz CT molecular complexity index is 4080. The number of pyridine rings is 1. The van der Waals surface area contributed by atoms with Gasteiger partial charge in [-0.25, -0.2) is 24.4 Å². The summed E-state index contributed by atoms with van der Waals surface area (Å²) in [5, 5.41) is 65.7. The predicted octanol–water partition coefficient (Wildman–Crippen LogP) is 6.98. The predicted molar refractivity (Wildman–Crippen MR) is 356 cm³/mol. The van der Waals surface area contributed by atoms with E-state index in [4.69, 9.17) is 29.0 Å². The lowest BCUT2D eigenvalue weighted by atomic mass is 9.39. The molecule has 6 aromatic rings. The molecule has 4 bridgehead atoms. The number of rotatable bonds is 26. The van der Waals surface area contributed by atoms with Crippen LogP contribution in [-0.4, -0.2) is 179 Å². The summed E-state index contributed by atoms with van der Waals surface area (Å²) in [6.07, 6.45) is 1.27. The molecule has 0 radical (unpaired) electrons. The highest BCUT2D eigenvalue weighted by atomic mass is 32.1. The number of aromatic carboxylic acids is 1. The first-order chi connectivity index (χ1) is 46.8. The van der Waals surface area contributed by atoms with Crippen molar-refractivity contribution in [2.45, 2.75) is 154 Å². The lowest BCUT2D eigenvalue weighted by Crippen LogP contribution is -2.64. The number of nitrogens with zero attached hydrogens (tertiary/aromatic N) is 7. The number of aliphatic hydroxyl groups excluding tert-OH is 3. The van der Waals surface area contributed by atoms with Crippen molar-refractivity contribution < 1.29 is 82.8 Å². The number of benzene rings is 3. The number of anilines is 3. The Labute approximate surface area is 568 Å². The largest absolute Gasteiger partial charge is 0.479 e. The Kier molecular flexibility index (Phi) is 19.6. The molecule has 3 aromatic carbocycles. The second-order valence-corrected chi connectivity index (χ2v) is 28.8. The minimum atomic E-state index is -1.99. The van der Waals surface area contributed by atoms with E-state index in [9.17, 15) is 63.9 Å². The number of aromatic nitrogens is 4. The van der Waals surface area contributed by atoms with E-state index in [1.54, 1.807) is 25.4 Å². The highest BCUT2D eigenvalue weighted by Crippen LogP contribution is 2.72. The normalized spacial score (nSPS) is 25.3. The van der Waals surface area contributed by atoms with Gasteiger partial charge in [0.2, 0.25) is 18.1 Å². The lowest BCUT2D eigenvalue weighted by Gasteiger charge is -2.69. The Morgan fingerprint density at radius 3 is 2.32 bits per heavy atom. The van der Waals surface area contributed by atoms with E-state index in [0.717, 1.165) is 70.5 Å². The molecule has 8 N–H and O–H groups in total. The van der Waals surface area contributed by atoms with Gasteiger partial charge in [0.25, 0.3) is 17.7 Å². The third-order valence-electron chi connectivity index (χ3n) is 19.7. The zero-order chi connectivity index (χ0) is 69.4. The second kappa shape index (κ2) is 28.0. The van der Waals surface area contributed by atoms with E-state index in [1.165, 1.54) is 46.6 Å². The van der Waals surface area contributed by atoms with E-state index in [-0.39, 0.29) is 103 Å². The molecule has 3 aliphatic heterocycles. The molecule has 3 aromatic heterocycles. The van der Waals surface area contributed by atoms with Crippen LogP contribution in [0.4, 0.5) is 21.4 Å². The zero-order valence-corrected chi connectivity index (χ0v) is 55.7. The fourth-order valence-electron chi connectivity index (χ4n) is 16.3. The van der Waals surface area contributed by atoms with Crippen molar-refractivity contribution in [1.82, 2.24) is 34.9 Å². The van der Waals surface area contributed by atoms with Gasteiger partial charge >= 0.3 is 18.0 Å². The number of carbonyl (C=O) groups is 8. The average Bonchev–Trinajstić information content (AvgIpc) is 0.760. The lowest BCUT2D eigenvalue weighted by molar-refractivity contribution is -0.271. The van der Waals surface area contributed by atoms with Crippen LogP contribution in [0.2, 0.25) is 0 Å². The number of aliphatic carboxylic acids is 1. The van der Waals surface area contributed by atoms with Crippen molar-refractivity contribution in [3.05, 3.63) is 125 Å². The van der Waals surface area contributed by atoms with Gasteiger partial charge in [-0.2, -0.15) is 5.10 Å². The summed E-state index contributed by atoms with van der Waals surface area (Å²) >= 11 is 1.40. The van der Waals surface area contributed by atoms with Crippen molar-refractivity contribution in [3.8, 4) is 16.9 Å². The molecule has 13 rings (SSSR count). The van der Waals surface area contributed by atoms with Crippen LogP contribution in [0.1, 0.15) is 128 Å². The van der Waals surface area contributed by atoms with Gasteiger partial charge in [-0.05, 0) is 140 Å². The van der Waals surface area contributed by atoms with Crippen LogP contribution >= 0.6 is 11.3 Å². The number of unbranched alkanes of at least 4 members (excludes halogenated alkanes) is 2. The molecular weight excluding hydrogens is 1280 g/mol. The first kappa shape index (κ1) is 68.7. The van der Waals surface area contributed by atoms with E-state index >= 15 is 0 Å². The number of fused-ring (bicyclic) bond motifs is 2. The summed E-state index contributed by atoms with van der Waals surface area (Å²) in [5.41, 5.74) is 4.56. The summed E-state index contributed by atoms with van der Waals surface area (Å²) in [6.45, 7) is 8.40. The van der Waals surface area contributed by atoms with Crippen LogP contribution in [0, 0.1) is 23.2 Å². The number of thiazole rings is 1. The number of ether oxygens (including phenoxy) is 4. The quantitative estimate of drug-likeness (QED) is 0.0200. The maximum Gasteiger partial charge on any atom is 0.409 e. The Hall–Kier alpha value is -9.19. The fourth-order valence-corrected chi connectivity index (χ4v) is 17.2. The molecule has 4 saturated carbocycles. The number of imide groups is 1. The molecule has 28 heteroatoms. The van der Waals surface area contributed by atoms with Gasteiger partial charge in [-0.15, -0.1) is 0 Å². The second-order valence-electron chi connectivity index (χ2n) is 27.7. The van der Waals surface area contributed by atoms with Crippen molar-refractivity contribution in [2.75, 3.05) is 55.4 Å². The number of likely N-dealkylation sites (N-methyl/N-ethyl adjacent to an activating group) is 1. The van der Waals surface area contributed by atoms with E-state index in [0.29, 0.717) is 78.5 Å². The Balaban J connectivity index is 0.662. The molecule has 6 amide bonds. The molecule has 3 unspecified atom stereocenters. The summed E-state index contributed by atoms with van der Waals surface area (Å²) in [4.78, 5) is 116. The summed E-state index contributed by atoms with van der Waals surface area (Å²) < 4.78 is 26.9. The SMILES string of the molecule is Cc1c(-c2ccc(N3CCc4cccc(C(=O)Nc5nc6ccccc6s5)c4C3)nc2C(=O)O)cnn1CC12CC3(C)CC(C)(C1)CC(OCCN(C)C(=O)OCc1ccc(OC4O[C@H](C(=O)O)[C@@H](O)[C@H](O)[C@H]4O)c(NC(=O)CCNC(=O)CCCCCN4C(=O)C=CC4=O)c1)(C3)C2. The van der Waals surface area contributed by atoms with Crippen LogP contribution in [0.3, 0.4) is 0 Å². The van der Waals surface area contributed by atoms with Gasteiger partial charge in [-0.1, -0.05) is 61.9 Å². The third kappa shape index (κ3) is 14.8. The topological polar surface area (TPSA) is 364 Å². The molecule has 6 heterocycles. The molecule has 4 aliphatic carbocycles. The van der Waals surface area contributed by atoms with Gasteiger partial charge in [0.15, 0.2) is 16.9 Å². The van der Waals surface area contributed by atoms with Crippen molar-refractivity contribution >= 4 is 85.8 Å². The third-order valence-corrected chi connectivity index (χ3v) is 20.7. The summed E-state index contributed by atoms with van der Waals surface area (Å²) in [6, 6.07) is 21.3. The molecule has 7 aliphatic rings. The van der Waals surface area contributed by atoms with Crippen molar-refractivity contribution in [1.29, 1.82) is 0 Å². The van der Waals surface area contributed by atoms with Crippen LogP contribution in [0.25, 0.3) is 21.3 Å². The number of amides is 6. The molecule has 5 fully saturated rings. The maximum atomic E-state index is 13.8. The van der Waals surface area contributed by atoms with E-state index in [2.05, 4.69) is 34.8 Å². The van der Waals surface area contributed by atoms with Gasteiger partial charge in [0.1, 0.15) is 36.5 Å². The molecule has 98 heavy (non-hydrogen) atoms. The first-order valence-electron chi connectivity index (χ1n) is 32.9.